The highest BCUT2D eigenvalue weighted by Gasteiger charge is 2.10. The van der Waals surface area contributed by atoms with Crippen LogP contribution in [-0.2, 0) is 4.74 Å². The second-order valence-corrected chi connectivity index (χ2v) is 3.70. The molecule has 5 nitrogen and oxygen atoms in total. The number of methoxy groups -OCH3 is 1. The fourth-order valence-electron chi connectivity index (χ4n) is 1.41. The first-order chi connectivity index (χ1) is 8.79. The quantitative estimate of drug-likeness (QED) is 0.703. The number of rotatable bonds is 8. The van der Waals surface area contributed by atoms with Crippen LogP contribution in [0.1, 0.15) is 10.4 Å². The average molecular weight is 289 g/mol. The third-order valence-corrected chi connectivity index (χ3v) is 2.34. The van der Waals surface area contributed by atoms with Gasteiger partial charge in [-0.25, -0.2) is 0 Å². The number of nitrogens with one attached hydrogen (secondary N) is 2. The monoisotopic (exact) mass is 288 g/mol. The maximum Gasteiger partial charge on any atom is 0.255 e. The van der Waals surface area contributed by atoms with Crippen LogP contribution in [0.2, 0.25) is 0 Å². The van der Waals surface area contributed by atoms with Crippen molar-refractivity contribution in [2.45, 2.75) is 0 Å². The van der Waals surface area contributed by atoms with Gasteiger partial charge < -0.3 is 20.1 Å². The lowest BCUT2D eigenvalue weighted by Crippen LogP contribution is -2.30. The first-order valence-electron chi connectivity index (χ1n) is 5.93. The molecule has 0 unspecified atom stereocenters. The highest BCUT2D eigenvalue weighted by molar-refractivity contribution is 5.96. The second kappa shape index (κ2) is 10.6. The Bertz CT molecular complexity index is 375. The molecule has 0 heterocycles. The molecule has 6 heteroatoms. The van der Waals surface area contributed by atoms with Crippen molar-refractivity contribution < 1.29 is 14.3 Å². The van der Waals surface area contributed by atoms with E-state index in [2.05, 4.69) is 10.6 Å². The molecule has 0 radical (unpaired) electrons. The Morgan fingerprint density at radius 1 is 1.21 bits per heavy atom. The largest absolute Gasteiger partial charge is 0.490 e. The Balaban J connectivity index is 0.00000324. The summed E-state index contributed by atoms with van der Waals surface area (Å²) in [6.07, 6.45) is 0. The van der Waals surface area contributed by atoms with Crippen LogP contribution in [0.4, 0.5) is 0 Å². The van der Waals surface area contributed by atoms with Gasteiger partial charge in [0.25, 0.3) is 5.91 Å². The Morgan fingerprint density at radius 3 is 2.63 bits per heavy atom. The minimum absolute atomic E-state index is 0. The van der Waals surface area contributed by atoms with Crippen molar-refractivity contribution in [2.75, 3.05) is 40.5 Å². The summed E-state index contributed by atoms with van der Waals surface area (Å²) in [5.41, 5.74) is 0.546. The molecule has 1 rings (SSSR count). The summed E-state index contributed by atoms with van der Waals surface area (Å²) < 4.78 is 10.4. The third-order valence-electron chi connectivity index (χ3n) is 2.34. The lowest BCUT2D eigenvalue weighted by Gasteiger charge is -2.11. The molecule has 108 valence electrons. The van der Waals surface area contributed by atoms with Crippen LogP contribution in [0.3, 0.4) is 0 Å². The van der Waals surface area contributed by atoms with Crippen LogP contribution in [0.15, 0.2) is 24.3 Å². The van der Waals surface area contributed by atoms with E-state index in [4.69, 9.17) is 9.47 Å². The van der Waals surface area contributed by atoms with E-state index in [0.717, 1.165) is 6.54 Å². The number of hydrogen-bond acceptors (Lipinski definition) is 4. The Hall–Kier alpha value is -1.30. The number of carbonyl (C=O) groups is 1. The van der Waals surface area contributed by atoms with E-state index >= 15 is 0 Å². The lowest BCUT2D eigenvalue weighted by atomic mass is 10.2. The van der Waals surface area contributed by atoms with Crippen molar-refractivity contribution in [1.82, 2.24) is 10.6 Å². The van der Waals surface area contributed by atoms with Crippen LogP contribution in [0.25, 0.3) is 0 Å². The Kier molecular flexibility index (Phi) is 9.88. The zero-order valence-electron chi connectivity index (χ0n) is 11.3. The van der Waals surface area contributed by atoms with Crippen LogP contribution in [0.5, 0.6) is 5.75 Å². The summed E-state index contributed by atoms with van der Waals surface area (Å²) in [5, 5.41) is 5.79. The summed E-state index contributed by atoms with van der Waals surface area (Å²) in [5.74, 6) is 0.453. The van der Waals surface area contributed by atoms with Gasteiger partial charge in [0.1, 0.15) is 12.4 Å². The third kappa shape index (κ3) is 6.42. The molecule has 0 aliphatic carbocycles. The SMILES string of the molecule is CNCCNC(=O)c1ccccc1OCCOC.Cl. The normalized spacial score (nSPS) is 9.58. The average Bonchev–Trinajstić information content (AvgIpc) is 2.40. The molecule has 1 aromatic rings. The van der Waals surface area contributed by atoms with E-state index in [0.29, 0.717) is 31.1 Å². The molecule has 0 aromatic heterocycles. The molecule has 0 bridgehead atoms. The molecule has 2 N–H and O–H groups in total. The molecule has 19 heavy (non-hydrogen) atoms. The van der Waals surface area contributed by atoms with E-state index < -0.39 is 0 Å². The van der Waals surface area contributed by atoms with Gasteiger partial charge in [-0.1, -0.05) is 12.1 Å². The van der Waals surface area contributed by atoms with Crippen LogP contribution in [0, 0.1) is 0 Å². The summed E-state index contributed by atoms with van der Waals surface area (Å²) >= 11 is 0. The molecule has 1 amide bonds. The van der Waals surface area contributed by atoms with Gasteiger partial charge in [-0.15, -0.1) is 12.4 Å². The summed E-state index contributed by atoms with van der Waals surface area (Å²) in [4.78, 5) is 11.9. The number of para-hydroxylation sites is 1. The number of hydrogen-bond donors (Lipinski definition) is 2. The van der Waals surface area contributed by atoms with Crippen molar-refractivity contribution in [3.8, 4) is 5.75 Å². The van der Waals surface area contributed by atoms with Crippen molar-refractivity contribution >= 4 is 18.3 Å². The van der Waals surface area contributed by atoms with E-state index in [1.165, 1.54) is 0 Å². The number of benzene rings is 1. The van der Waals surface area contributed by atoms with Gasteiger partial charge in [0.15, 0.2) is 0 Å². The van der Waals surface area contributed by atoms with Crippen molar-refractivity contribution in [3.05, 3.63) is 29.8 Å². The smallest absolute Gasteiger partial charge is 0.255 e. The summed E-state index contributed by atoms with van der Waals surface area (Å²) in [6.45, 7) is 2.24. The molecule has 0 aliphatic heterocycles. The zero-order chi connectivity index (χ0) is 13.2. The molecule has 0 aliphatic rings. The van der Waals surface area contributed by atoms with Gasteiger partial charge in [0.05, 0.1) is 12.2 Å². The predicted octanol–water partition coefficient (Wildman–Crippen LogP) is 1.08. The topological polar surface area (TPSA) is 59.6 Å². The predicted molar refractivity (Wildman–Crippen MR) is 77.3 cm³/mol. The fourth-order valence-corrected chi connectivity index (χ4v) is 1.41. The molecule has 0 fully saturated rings. The first-order valence-corrected chi connectivity index (χ1v) is 5.93. The van der Waals surface area contributed by atoms with Crippen molar-refractivity contribution in [2.24, 2.45) is 0 Å². The fraction of sp³-hybridized carbons (Fsp3) is 0.462. The van der Waals surface area contributed by atoms with Gasteiger partial charge in [-0.2, -0.15) is 0 Å². The number of carbonyl (C=O) groups excluding carboxylic acids is 1. The molecule has 0 atom stereocenters. The van der Waals surface area contributed by atoms with Crippen LogP contribution < -0.4 is 15.4 Å². The summed E-state index contributed by atoms with van der Waals surface area (Å²) in [6, 6.07) is 7.18. The van der Waals surface area contributed by atoms with Gasteiger partial charge in [-0.05, 0) is 19.2 Å². The number of ether oxygens (including phenoxy) is 2. The molecular weight excluding hydrogens is 268 g/mol. The van der Waals surface area contributed by atoms with E-state index in [1.54, 1.807) is 19.2 Å². The van der Waals surface area contributed by atoms with Crippen molar-refractivity contribution in [1.29, 1.82) is 0 Å². The van der Waals surface area contributed by atoms with Gasteiger partial charge in [0, 0.05) is 20.2 Å². The minimum Gasteiger partial charge on any atom is -0.490 e. The zero-order valence-corrected chi connectivity index (χ0v) is 12.1. The number of likely N-dealkylation sites (N-methyl/N-ethyl adjacent to an activating group) is 1. The second-order valence-electron chi connectivity index (χ2n) is 3.70. The molecule has 0 spiro atoms. The first kappa shape index (κ1) is 17.7. The van der Waals surface area contributed by atoms with Crippen LogP contribution >= 0.6 is 12.4 Å². The van der Waals surface area contributed by atoms with Crippen LogP contribution in [-0.4, -0.2) is 46.4 Å². The minimum atomic E-state index is -0.127. The lowest BCUT2D eigenvalue weighted by molar-refractivity contribution is 0.0946. The highest BCUT2D eigenvalue weighted by Crippen LogP contribution is 2.17. The molecular formula is C13H21ClN2O3. The molecule has 0 saturated carbocycles. The summed E-state index contributed by atoms with van der Waals surface area (Å²) in [7, 11) is 3.45. The number of amides is 1. The number of halogens is 1. The van der Waals surface area contributed by atoms with Gasteiger partial charge in [0.2, 0.25) is 0 Å². The van der Waals surface area contributed by atoms with E-state index in [-0.39, 0.29) is 18.3 Å². The highest BCUT2D eigenvalue weighted by atomic mass is 35.5. The van der Waals surface area contributed by atoms with E-state index in [1.807, 2.05) is 19.2 Å². The van der Waals surface area contributed by atoms with Crippen molar-refractivity contribution in [3.63, 3.8) is 0 Å². The maximum absolute atomic E-state index is 11.9. The standard InChI is InChI=1S/C13H20N2O3.ClH/c1-14-7-8-15-13(16)11-5-3-4-6-12(11)18-10-9-17-2;/h3-6,14H,7-10H2,1-2H3,(H,15,16);1H. The Labute approximate surface area is 120 Å². The molecule has 1 aromatic carbocycles. The maximum atomic E-state index is 11.9. The van der Waals surface area contributed by atoms with Gasteiger partial charge in [-0.3, -0.25) is 4.79 Å². The molecule has 0 saturated heterocycles. The Morgan fingerprint density at radius 2 is 1.95 bits per heavy atom. The van der Waals surface area contributed by atoms with Gasteiger partial charge >= 0.3 is 0 Å². The van der Waals surface area contributed by atoms with E-state index in [9.17, 15) is 4.79 Å².